The van der Waals surface area contributed by atoms with Crippen LogP contribution in [0.1, 0.15) is 55.8 Å². The number of carbonyl (C=O) groups is 1. The van der Waals surface area contributed by atoms with Gasteiger partial charge in [0.1, 0.15) is 11.9 Å². The standard InChI is InChI=1S/C29H39FN2O3/c1-2-4-26(30)19-31-17-14-22(15-18-31)21-35-28-12-10-24(11-13-28)23-6-8-25(9-7-23)29(34)32-16-3-5-27(32)20-33/h6-13,22,26-27,33H,2-5,14-21H2,1H3/t26?,27-/m1/s1. The van der Waals surface area contributed by atoms with E-state index in [1.807, 2.05) is 55.5 Å². The van der Waals surface area contributed by atoms with Gasteiger partial charge in [-0.3, -0.25) is 4.79 Å². The van der Waals surface area contributed by atoms with Crippen LogP contribution in [0.15, 0.2) is 48.5 Å². The number of nitrogens with zero attached hydrogens (tertiary/aromatic N) is 2. The minimum Gasteiger partial charge on any atom is -0.493 e. The number of hydrogen-bond acceptors (Lipinski definition) is 4. The molecule has 5 nitrogen and oxygen atoms in total. The van der Waals surface area contributed by atoms with Crippen molar-refractivity contribution >= 4 is 5.91 Å². The number of likely N-dealkylation sites (tertiary alicyclic amines) is 2. The molecule has 2 aromatic rings. The number of hydrogen-bond donors (Lipinski definition) is 1. The Balaban J connectivity index is 1.24. The van der Waals surface area contributed by atoms with Crippen molar-refractivity contribution in [3.8, 4) is 16.9 Å². The molecule has 6 heteroatoms. The van der Waals surface area contributed by atoms with Crippen molar-refractivity contribution in [3.63, 3.8) is 0 Å². The predicted octanol–water partition coefficient (Wildman–Crippen LogP) is 5.18. The number of piperidine rings is 1. The quantitative estimate of drug-likeness (QED) is 0.507. The summed E-state index contributed by atoms with van der Waals surface area (Å²) in [5.41, 5.74) is 2.79. The Morgan fingerprint density at radius 2 is 1.69 bits per heavy atom. The van der Waals surface area contributed by atoms with Crippen molar-refractivity contribution in [2.45, 2.75) is 57.7 Å². The smallest absolute Gasteiger partial charge is 0.254 e. The summed E-state index contributed by atoms with van der Waals surface area (Å²) in [6.07, 6.45) is 4.78. The molecule has 0 aromatic heterocycles. The maximum atomic E-state index is 13.9. The third-order valence-corrected chi connectivity index (χ3v) is 7.42. The first-order chi connectivity index (χ1) is 17.1. The van der Waals surface area contributed by atoms with Gasteiger partial charge in [-0.15, -0.1) is 0 Å². The largest absolute Gasteiger partial charge is 0.493 e. The first kappa shape index (κ1) is 25.6. The van der Waals surface area contributed by atoms with Crippen LogP contribution >= 0.6 is 0 Å². The molecule has 4 rings (SSSR count). The molecule has 2 saturated heterocycles. The van der Waals surface area contributed by atoms with Crippen LogP contribution in [0.4, 0.5) is 4.39 Å². The number of alkyl halides is 1. The second kappa shape index (κ2) is 12.5. The van der Waals surface area contributed by atoms with Gasteiger partial charge < -0.3 is 19.6 Å². The van der Waals surface area contributed by atoms with Crippen LogP contribution in [-0.4, -0.2) is 72.4 Å². The second-order valence-electron chi connectivity index (χ2n) is 10.0. The van der Waals surface area contributed by atoms with E-state index in [4.69, 9.17) is 4.74 Å². The van der Waals surface area contributed by atoms with E-state index in [-0.39, 0.29) is 18.6 Å². The first-order valence-corrected chi connectivity index (χ1v) is 13.2. The number of aliphatic hydroxyl groups is 1. The van der Waals surface area contributed by atoms with Crippen molar-refractivity contribution in [1.82, 2.24) is 9.80 Å². The molecule has 2 heterocycles. The Bertz CT molecular complexity index is 926. The zero-order valence-corrected chi connectivity index (χ0v) is 20.9. The lowest BCUT2D eigenvalue weighted by atomic mass is 9.97. The van der Waals surface area contributed by atoms with Gasteiger partial charge in [0.15, 0.2) is 0 Å². The van der Waals surface area contributed by atoms with Gasteiger partial charge in [-0.1, -0.05) is 37.6 Å². The Kier molecular flexibility index (Phi) is 9.16. The lowest BCUT2D eigenvalue weighted by Gasteiger charge is -2.32. The maximum Gasteiger partial charge on any atom is 0.254 e. The maximum absolute atomic E-state index is 13.9. The molecular formula is C29H39FN2O3. The first-order valence-electron chi connectivity index (χ1n) is 13.2. The topological polar surface area (TPSA) is 53.0 Å². The zero-order chi connectivity index (χ0) is 24.6. The number of carbonyl (C=O) groups excluding carboxylic acids is 1. The molecule has 0 saturated carbocycles. The monoisotopic (exact) mass is 482 g/mol. The molecule has 0 bridgehead atoms. The molecule has 0 spiro atoms. The van der Waals surface area contributed by atoms with Gasteiger partial charge in [0, 0.05) is 18.7 Å². The third-order valence-electron chi connectivity index (χ3n) is 7.42. The van der Waals surface area contributed by atoms with Crippen LogP contribution in [0.2, 0.25) is 0 Å². The lowest BCUT2D eigenvalue weighted by molar-refractivity contribution is 0.0677. The number of halogens is 1. The number of rotatable bonds is 10. The fourth-order valence-corrected chi connectivity index (χ4v) is 5.24. The molecule has 0 aliphatic carbocycles. The van der Waals surface area contributed by atoms with Gasteiger partial charge in [0.2, 0.25) is 0 Å². The van der Waals surface area contributed by atoms with E-state index >= 15 is 0 Å². The Hall–Kier alpha value is -2.44. The Morgan fingerprint density at radius 3 is 2.31 bits per heavy atom. The molecule has 2 aliphatic heterocycles. The lowest BCUT2D eigenvalue weighted by Crippen LogP contribution is -2.39. The molecule has 35 heavy (non-hydrogen) atoms. The minimum absolute atomic E-state index is 0.00634. The molecular weight excluding hydrogens is 443 g/mol. The van der Waals surface area contributed by atoms with Crippen molar-refractivity contribution in [2.24, 2.45) is 5.92 Å². The van der Waals surface area contributed by atoms with Gasteiger partial charge in [-0.05, 0) is 86.5 Å². The molecule has 190 valence electrons. The van der Waals surface area contributed by atoms with Crippen LogP contribution in [0.3, 0.4) is 0 Å². The van der Waals surface area contributed by atoms with E-state index in [1.165, 1.54) is 0 Å². The Morgan fingerprint density at radius 1 is 1.03 bits per heavy atom. The summed E-state index contributed by atoms with van der Waals surface area (Å²) in [5, 5.41) is 9.50. The summed E-state index contributed by atoms with van der Waals surface area (Å²) in [6.45, 7) is 5.94. The minimum atomic E-state index is -0.702. The Labute approximate surface area is 208 Å². The average Bonchev–Trinajstić information content (AvgIpc) is 3.37. The SMILES string of the molecule is CCCC(F)CN1CCC(COc2ccc(-c3ccc(C(=O)N4CCC[C@@H]4CO)cc3)cc2)CC1. The summed E-state index contributed by atoms with van der Waals surface area (Å²) < 4.78 is 19.9. The number of amides is 1. The highest BCUT2D eigenvalue weighted by Crippen LogP contribution is 2.26. The van der Waals surface area contributed by atoms with Crippen LogP contribution in [0.25, 0.3) is 11.1 Å². The van der Waals surface area contributed by atoms with Crippen molar-refractivity contribution in [1.29, 1.82) is 0 Å². The molecule has 1 N–H and O–H groups in total. The highest BCUT2D eigenvalue weighted by Gasteiger charge is 2.28. The summed E-state index contributed by atoms with van der Waals surface area (Å²) >= 11 is 0. The highest BCUT2D eigenvalue weighted by molar-refractivity contribution is 5.95. The summed E-state index contributed by atoms with van der Waals surface area (Å²) in [7, 11) is 0. The van der Waals surface area contributed by atoms with Crippen molar-refractivity contribution in [3.05, 3.63) is 54.1 Å². The van der Waals surface area contributed by atoms with E-state index in [0.29, 0.717) is 37.6 Å². The fourth-order valence-electron chi connectivity index (χ4n) is 5.24. The van der Waals surface area contributed by atoms with Crippen molar-refractivity contribution < 1.29 is 19.0 Å². The van der Waals surface area contributed by atoms with E-state index in [0.717, 1.165) is 62.1 Å². The van der Waals surface area contributed by atoms with Gasteiger partial charge in [-0.25, -0.2) is 4.39 Å². The number of aliphatic hydroxyl groups excluding tert-OH is 1. The van der Waals surface area contributed by atoms with E-state index in [1.54, 1.807) is 4.90 Å². The van der Waals surface area contributed by atoms with Gasteiger partial charge in [-0.2, -0.15) is 0 Å². The van der Waals surface area contributed by atoms with E-state index < -0.39 is 6.17 Å². The van der Waals surface area contributed by atoms with Gasteiger partial charge in [0.25, 0.3) is 5.91 Å². The number of ether oxygens (including phenoxy) is 1. The average molecular weight is 483 g/mol. The molecule has 1 unspecified atom stereocenters. The summed E-state index contributed by atoms with van der Waals surface area (Å²) in [6, 6.07) is 15.7. The van der Waals surface area contributed by atoms with E-state index in [9.17, 15) is 14.3 Å². The molecule has 2 aliphatic rings. The molecule has 1 amide bonds. The zero-order valence-electron chi connectivity index (χ0n) is 20.9. The highest BCUT2D eigenvalue weighted by atomic mass is 19.1. The summed E-state index contributed by atoms with van der Waals surface area (Å²) in [5.74, 6) is 1.37. The number of benzene rings is 2. The predicted molar refractivity (Wildman–Crippen MR) is 137 cm³/mol. The molecule has 2 aromatic carbocycles. The van der Waals surface area contributed by atoms with E-state index in [2.05, 4.69) is 4.90 Å². The molecule has 2 fully saturated rings. The van der Waals surface area contributed by atoms with Gasteiger partial charge >= 0.3 is 0 Å². The normalized spacial score (nSPS) is 20.2. The van der Waals surface area contributed by atoms with Crippen LogP contribution in [0.5, 0.6) is 5.75 Å². The van der Waals surface area contributed by atoms with Gasteiger partial charge in [0.05, 0.1) is 19.3 Å². The molecule has 0 radical (unpaired) electrons. The third kappa shape index (κ3) is 6.83. The fraction of sp³-hybridized carbons (Fsp3) is 0.552. The van der Waals surface area contributed by atoms with Crippen LogP contribution < -0.4 is 4.74 Å². The van der Waals surface area contributed by atoms with Crippen molar-refractivity contribution in [2.75, 3.05) is 39.4 Å². The van der Waals surface area contributed by atoms with Crippen LogP contribution in [-0.2, 0) is 0 Å². The molecule has 2 atom stereocenters. The van der Waals surface area contributed by atoms with Crippen LogP contribution in [0, 0.1) is 5.92 Å². The second-order valence-corrected chi connectivity index (χ2v) is 10.0. The summed E-state index contributed by atoms with van der Waals surface area (Å²) in [4.78, 5) is 16.8.